The minimum atomic E-state index is -3.87. The predicted octanol–water partition coefficient (Wildman–Crippen LogP) is 1.93. The number of nitrogen functional groups attached to an aromatic ring is 1. The number of nitrogens with two attached hydrogens (primary N) is 1. The summed E-state index contributed by atoms with van der Waals surface area (Å²) in [5.41, 5.74) is 5.60. The molecule has 2 aliphatic heterocycles. The maximum Gasteiger partial charge on any atom is 0.282 e. The highest BCUT2D eigenvalue weighted by molar-refractivity contribution is 7.86. The van der Waals surface area contributed by atoms with Crippen molar-refractivity contribution in [2.45, 2.75) is 52.2 Å². The van der Waals surface area contributed by atoms with Crippen molar-refractivity contribution in [3.63, 3.8) is 0 Å². The van der Waals surface area contributed by atoms with E-state index in [1.165, 1.54) is 15.7 Å². The van der Waals surface area contributed by atoms with Crippen LogP contribution in [0.25, 0.3) is 0 Å². The summed E-state index contributed by atoms with van der Waals surface area (Å²) in [4.78, 5) is 13.6. The maximum absolute atomic E-state index is 16.2. The fourth-order valence-electron chi connectivity index (χ4n) is 5.23. The number of nitrogens with zero attached hydrogens (tertiary/aromatic N) is 4. The fraction of sp³-hybridized carbons (Fsp3) is 0.593. The molecule has 226 valence electrons. The lowest BCUT2D eigenvalue weighted by molar-refractivity contribution is 0.0508. The Kier molecular flexibility index (Phi) is 9.19. The molecule has 0 aliphatic carbocycles. The first-order valence-electron chi connectivity index (χ1n) is 13.6. The van der Waals surface area contributed by atoms with Gasteiger partial charge in [0.15, 0.2) is 0 Å². The lowest BCUT2D eigenvalue weighted by Crippen LogP contribution is -2.48. The van der Waals surface area contributed by atoms with Gasteiger partial charge in [0, 0.05) is 44.8 Å². The van der Waals surface area contributed by atoms with Gasteiger partial charge >= 0.3 is 0 Å². The van der Waals surface area contributed by atoms with Crippen LogP contribution in [0.3, 0.4) is 0 Å². The molecule has 3 heterocycles. The van der Waals surface area contributed by atoms with Crippen LogP contribution >= 0.6 is 0 Å². The van der Waals surface area contributed by atoms with Crippen LogP contribution in [0.4, 0.5) is 4.39 Å². The van der Waals surface area contributed by atoms with E-state index >= 15 is 4.39 Å². The molecule has 2 saturated heterocycles. The number of hydrogen-bond acceptors (Lipinski definition) is 8. The van der Waals surface area contributed by atoms with Crippen molar-refractivity contribution >= 4 is 22.0 Å². The molecule has 0 radical (unpaired) electrons. The summed E-state index contributed by atoms with van der Waals surface area (Å²) in [5, 5.41) is 21.8. The molecule has 0 amide bonds. The average molecular weight is 595 g/mol. The number of aliphatic hydroxyl groups excluding tert-OH is 1. The summed E-state index contributed by atoms with van der Waals surface area (Å²) >= 11 is 0. The van der Waals surface area contributed by atoms with Crippen LogP contribution in [0.5, 0.6) is 5.88 Å². The first kappa shape index (κ1) is 31.0. The molecule has 2 aromatic rings. The molecule has 0 bridgehead atoms. The Balaban J connectivity index is 1.67. The molecule has 0 saturated carbocycles. The largest absolute Gasteiger partial charge is 0.471 e. The molecule has 4 N–H and O–H groups in total. The van der Waals surface area contributed by atoms with Crippen molar-refractivity contribution in [2.75, 3.05) is 39.9 Å². The highest BCUT2D eigenvalue weighted by Gasteiger charge is 2.43. The first-order valence-corrected chi connectivity index (χ1v) is 15.0. The Morgan fingerprint density at radius 3 is 2.41 bits per heavy atom. The summed E-state index contributed by atoms with van der Waals surface area (Å²) in [6.07, 6.45) is 0.120. The molecule has 2 aliphatic rings. The number of carbonyl (C=O) groups is 1. The number of aliphatic hydroxyl groups is 1. The van der Waals surface area contributed by atoms with E-state index in [1.807, 2.05) is 6.92 Å². The van der Waals surface area contributed by atoms with Crippen LogP contribution in [0.15, 0.2) is 24.3 Å². The molecule has 3 atom stereocenters. The van der Waals surface area contributed by atoms with Gasteiger partial charge in [0.25, 0.3) is 22.0 Å². The minimum absolute atomic E-state index is 0.0222. The minimum Gasteiger partial charge on any atom is -0.471 e. The molecule has 4 rings (SSSR count). The Morgan fingerprint density at radius 2 is 1.83 bits per heavy atom. The van der Waals surface area contributed by atoms with Gasteiger partial charge in [0.05, 0.1) is 18.1 Å². The van der Waals surface area contributed by atoms with E-state index < -0.39 is 39.4 Å². The number of hydrogen-bond donors (Lipinski definition) is 3. The number of piperidine rings is 1. The van der Waals surface area contributed by atoms with E-state index in [0.29, 0.717) is 24.0 Å². The number of nitrogens with one attached hydrogen (secondary N) is 1. The van der Waals surface area contributed by atoms with Gasteiger partial charge in [-0.3, -0.25) is 10.2 Å². The first-order chi connectivity index (χ1) is 19.3. The molecule has 2 fully saturated rings. The smallest absolute Gasteiger partial charge is 0.282 e. The van der Waals surface area contributed by atoms with Crippen molar-refractivity contribution in [1.29, 1.82) is 5.41 Å². The fourth-order valence-corrected chi connectivity index (χ4v) is 6.94. The topological polar surface area (TPSA) is 164 Å². The molecule has 14 heteroatoms. The van der Waals surface area contributed by atoms with Gasteiger partial charge in [-0.15, -0.1) is 0 Å². The zero-order valence-corrected chi connectivity index (χ0v) is 24.7. The van der Waals surface area contributed by atoms with Gasteiger partial charge < -0.3 is 20.3 Å². The van der Waals surface area contributed by atoms with Crippen molar-refractivity contribution in [3.8, 4) is 5.88 Å². The number of halogens is 1. The van der Waals surface area contributed by atoms with Gasteiger partial charge in [-0.1, -0.05) is 31.2 Å². The van der Waals surface area contributed by atoms with E-state index in [9.17, 15) is 18.3 Å². The molecule has 3 unspecified atom stereocenters. The van der Waals surface area contributed by atoms with E-state index in [0.717, 1.165) is 4.68 Å². The van der Waals surface area contributed by atoms with Crippen molar-refractivity contribution in [1.82, 2.24) is 18.4 Å². The number of rotatable bonds is 10. The molecule has 0 spiro atoms. The van der Waals surface area contributed by atoms with Crippen LogP contribution in [0.1, 0.15) is 61.1 Å². The molecule has 1 aromatic heterocycles. The third kappa shape index (κ3) is 6.46. The molecular formula is C27H39FN6O6S. The third-order valence-corrected chi connectivity index (χ3v) is 9.75. The van der Waals surface area contributed by atoms with Crippen LogP contribution < -0.4 is 10.5 Å². The number of benzene rings is 1. The van der Waals surface area contributed by atoms with Gasteiger partial charge in [0.2, 0.25) is 5.82 Å². The Labute approximate surface area is 239 Å². The number of ether oxygens (including phenoxy) is 2. The summed E-state index contributed by atoms with van der Waals surface area (Å²) < 4.78 is 57.4. The number of carbonyl (C=O) groups excluding carboxylic acids is 1. The lowest BCUT2D eigenvalue weighted by Gasteiger charge is -2.37. The highest BCUT2D eigenvalue weighted by atomic mass is 32.2. The Hall–Kier alpha value is -2.91. The summed E-state index contributed by atoms with van der Waals surface area (Å²) in [7, 11) is -2.40. The van der Waals surface area contributed by atoms with Crippen molar-refractivity contribution in [2.24, 2.45) is 17.1 Å². The zero-order chi connectivity index (χ0) is 30.1. The summed E-state index contributed by atoms with van der Waals surface area (Å²) in [5.74, 6) is -2.57. The Bertz CT molecular complexity index is 1380. The van der Waals surface area contributed by atoms with E-state index in [2.05, 4.69) is 5.10 Å². The van der Waals surface area contributed by atoms with Crippen LogP contribution in [0.2, 0.25) is 0 Å². The van der Waals surface area contributed by atoms with E-state index in [1.54, 1.807) is 38.1 Å². The molecule has 1 aromatic carbocycles. The van der Waals surface area contributed by atoms with E-state index in [4.69, 9.17) is 20.6 Å². The standard InChI is InChI=1S/C27H39FN6O6S/c1-17-9-11-33(41(37,38)32-12-10-20(35)13-32)14-21(17)23-22(28)25(34(31-23)26(36)27(2,3)16-39-4)40-15-18-5-7-19(8-6-18)24(29)30/h5-8,17,20-21,35H,9-16H2,1-4H3,(H3,29,30). The van der Waals surface area contributed by atoms with Crippen LogP contribution in [-0.4, -0.2) is 89.7 Å². The Morgan fingerprint density at radius 1 is 1.20 bits per heavy atom. The second kappa shape index (κ2) is 12.1. The normalized spacial score (nSPS) is 22.6. The van der Waals surface area contributed by atoms with Gasteiger partial charge in [-0.25, -0.2) is 0 Å². The average Bonchev–Trinajstić information content (AvgIpc) is 3.50. The lowest BCUT2D eigenvalue weighted by atomic mass is 9.85. The zero-order valence-electron chi connectivity index (χ0n) is 23.8. The second-order valence-corrected chi connectivity index (χ2v) is 13.4. The monoisotopic (exact) mass is 594 g/mol. The van der Waals surface area contributed by atoms with Crippen LogP contribution in [0, 0.1) is 22.6 Å². The van der Waals surface area contributed by atoms with Crippen molar-refractivity contribution in [3.05, 3.63) is 46.9 Å². The number of aromatic nitrogens is 2. The second-order valence-electron chi connectivity index (χ2n) is 11.5. The summed E-state index contributed by atoms with van der Waals surface area (Å²) in [6, 6.07) is 6.67. The number of amidine groups is 1. The number of β-amino-alcohol motifs (C(OH)–C–C–N with tert-alkyl or cyclic N) is 1. The van der Waals surface area contributed by atoms with E-state index in [-0.39, 0.29) is 62.7 Å². The van der Waals surface area contributed by atoms with Gasteiger partial charge in [0.1, 0.15) is 18.1 Å². The molecule has 41 heavy (non-hydrogen) atoms. The quantitative estimate of drug-likeness (QED) is 0.277. The predicted molar refractivity (Wildman–Crippen MR) is 149 cm³/mol. The summed E-state index contributed by atoms with van der Waals surface area (Å²) in [6.45, 7) is 5.67. The third-order valence-electron chi connectivity index (χ3n) is 7.78. The van der Waals surface area contributed by atoms with Gasteiger partial charge in [-0.05, 0) is 38.2 Å². The highest BCUT2D eigenvalue weighted by Crippen LogP contribution is 2.38. The SMILES string of the molecule is COCC(C)(C)C(=O)n1nc(C2CN(S(=O)(=O)N3CCC(O)C3)CCC2C)c(F)c1OCc1ccc(C(=N)N)cc1. The number of methoxy groups -OCH3 is 1. The maximum atomic E-state index is 16.2. The molecular weight excluding hydrogens is 555 g/mol. The molecule has 12 nitrogen and oxygen atoms in total. The van der Waals surface area contributed by atoms with Gasteiger partial charge in [-0.2, -0.15) is 31.2 Å². The van der Waals surface area contributed by atoms with Crippen molar-refractivity contribution < 1.29 is 32.2 Å². The van der Waals surface area contributed by atoms with Crippen LogP contribution in [-0.2, 0) is 21.6 Å².